The molecule has 0 aliphatic heterocycles. The Morgan fingerprint density at radius 3 is 2.17 bits per heavy atom. The maximum absolute atomic E-state index is 13.7. The molecule has 0 aliphatic rings. The highest BCUT2D eigenvalue weighted by molar-refractivity contribution is 5.93. The smallest absolute Gasteiger partial charge is 0.408 e. The summed E-state index contributed by atoms with van der Waals surface area (Å²) in [5, 5.41) is 5.45. The van der Waals surface area contributed by atoms with Crippen molar-refractivity contribution in [3.63, 3.8) is 0 Å². The number of rotatable bonds is 8. The third-order valence-electron chi connectivity index (χ3n) is 5.21. The third-order valence-corrected chi connectivity index (χ3v) is 5.21. The monoisotopic (exact) mass is 487 g/mol. The van der Waals surface area contributed by atoms with Crippen LogP contribution in [0.4, 0.5) is 4.79 Å². The Bertz CT molecular complexity index is 1150. The van der Waals surface area contributed by atoms with E-state index in [1.807, 2.05) is 30.3 Å². The average molecular weight is 488 g/mol. The van der Waals surface area contributed by atoms with Gasteiger partial charge in [0.2, 0.25) is 5.91 Å². The second-order valence-electron chi connectivity index (χ2n) is 9.54. The van der Waals surface area contributed by atoms with E-state index in [1.54, 1.807) is 58.9 Å². The first kappa shape index (κ1) is 28.0. The van der Waals surface area contributed by atoms with Gasteiger partial charge in [-0.25, -0.2) is 4.79 Å². The van der Waals surface area contributed by atoms with Crippen LogP contribution in [0.2, 0.25) is 0 Å². The zero-order valence-corrected chi connectivity index (χ0v) is 21.4. The molecule has 2 aromatic rings. The highest BCUT2D eigenvalue weighted by atomic mass is 16.6. The van der Waals surface area contributed by atoms with Crippen LogP contribution < -0.4 is 10.6 Å². The zero-order chi connectivity index (χ0) is 26.9. The van der Waals surface area contributed by atoms with Gasteiger partial charge in [0, 0.05) is 23.7 Å². The molecule has 7 nitrogen and oxygen atoms in total. The minimum atomic E-state index is -1.22. The van der Waals surface area contributed by atoms with Crippen LogP contribution in [0.15, 0.2) is 54.6 Å². The maximum Gasteiger partial charge on any atom is 0.408 e. The standard InChI is InChI=1S/C29H33N3O4/c1-8-22-17-13-14-18-23(22)25(26(33)30-19-21-15-11-10-12-16-21)32(9-2)27(34)24(20(3)4)31-28(35)36-29(5,6)7/h1-2,10-18,20,24-25H,19H2,3-7H3,(H,30,33)(H,31,35). The predicted octanol–water partition coefficient (Wildman–Crippen LogP) is 3.99. The molecule has 0 bridgehead atoms. The zero-order valence-electron chi connectivity index (χ0n) is 21.4. The molecule has 3 amide bonds. The number of hydrogen-bond acceptors (Lipinski definition) is 4. The molecule has 0 aromatic heterocycles. The number of carbonyl (C=O) groups excluding carboxylic acids is 3. The summed E-state index contributed by atoms with van der Waals surface area (Å²) in [4.78, 5) is 40.6. The van der Waals surface area contributed by atoms with E-state index in [0.29, 0.717) is 11.1 Å². The number of benzene rings is 2. The lowest BCUT2D eigenvalue weighted by atomic mass is 9.96. The van der Waals surface area contributed by atoms with Crippen LogP contribution in [0.5, 0.6) is 0 Å². The Morgan fingerprint density at radius 1 is 1.00 bits per heavy atom. The normalized spacial score (nSPS) is 12.4. The second-order valence-corrected chi connectivity index (χ2v) is 9.54. The molecule has 0 radical (unpaired) electrons. The first-order chi connectivity index (χ1) is 17.0. The molecule has 0 saturated heterocycles. The molecule has 0 saturated carbocycles. The summed E-state index contributed by atoms with van der Waals surface area (Å²) in [5.41, 5.74) is 0.940. The molecule has 2 atom stereocenters. The number of amides is 3. The third kappa shape index (κ3) is 7.65. The van der Waals surface area contributed by atoms with E-state index >= 15 is 0 Å². The van der Waals surface area contributed by atoms with Gasteiger partial charge in [-0.05, 0) is 38.3 Å². The average Bonchev–Trinajstić information content (AvgIpc) is 2.83. The summed E-state index contributed by atoms with van der Waals surface area (Å²) in [6.45, 7) is 8.90. The van der Waals surface area contributed by atoms with Crippen molar-refractivity contribution in [2.45, 2.75) is 58.8 Å². The van der Waals surface area contributed by atoms with Crippen molar-refractivity contribution in [1.29, 1.82) is 0 Å². The van der Waals surface area contributed by atoms with E-state index in [0.717, 1.165) is 10.5 Å². The van der Waals surface area contributed by atoms with Gasteiger partial charge >= 0.3 is 6.09 Å². The van der Waals surface area contributed by atoms with Gasteiger partial charge in [0.15, 0.2) is 0 Å². The van der Waals surface area contributed by atoms with Gasteiger partial charge in [0.1, 0.15) is 17.7 Å². The van der Waals surface area contributed by atoms with E-state index in [2.05, 4.69) is 22.6 Å². The van der Waals surface area contributed by atoms with Crippen LogP contribution in [0.1, 0.15) is 57.4 Å². The first-order valence-corrected chi connectivity index (χ1v) is 11.6. The number of carbonyl (C=O) groups is 3. The van der Waals surface area contributed by atoms with E-state index in [4.69, 9.17) is 17.6 Å². The molecule has 0 heterocycles. The molecule has 2 aromatic carbocycles. The highest BCUT2D eigenvalue weighted by Crippen LogP contribution is 2.26. The fourth-order valence-electron chi connectivity index (χ4n) is 3.51. The predicted molar refractivity (Wildman–Crippen MR) is 139 cm³/mol. The Kier molecular flexibility index (Phi) is 9.70. The quantitative estimate of drug-likeness (QED) is 0.435. The Hall–Kier alpha value is -4.23. The number of nitrogens with zero attached hydrogens (tertiary/aromatic N) is 1. The summed E-state index contributed by atoms with van der Waals surface area (Å²) in [6.07, 6.45) is 10.7. The highest BCUT2D eigenvalue weighted by Gasteiger charge is 2.37. The molecular weight excluding hydrogens is 454 g/mol. The summed E-state index contributed by atoms with van der Waals surface area (Å²) < 4.78 is 5.32. The lowest BCUT2D eigenvalue weighted by Crippen LogP contribution is -2.53. The van der Waals surface area contributed by atoms with Gasteiger partial charge in [-0.2, -0.15) is 0 Å². The Morgan fingerprint density at radius 2 is 1.61 bits per heavy atom. The number of alkyl carbamates (subject to hydrolysis) is 1. The van der Waals surface area contributed by atoms with Crippen molar-refractivity contribution in [2.75, 3.05) is 0 Å². The first-order valence-electron chi connectivity index (χ1n) is 11.6. The summed E-state index contributed by atoms with van der Waals surface area (Å²) in [5.74, 6) is 1.07. The van der Waals surface area contributed by atoms with E-state index in [1.165, 1.54) is 0 Å². The Labute approximate surface area is 213 Å². The molecule has 2 unspecified atom stereocenters. The molecule has 36 heavy (non-hydrogen) atoms. The molecule has 188 valence electrons. The van der Waals surface area contributed by atoms with Crippen LogP contribution in [0, 0.1) is 30.7 Å². The van der Waals surface area contributed by atoms with Gasteiger partial charge in [-0.1, -0.05) is 74.7 Å². The topological polar surface area (TPSA) is 87.7 Å². The van der Waals surface area contributed by atoms with Gasteiger partial charge in [-0.3, -0.25) is 14.5 Å². The molecule has 7 heteroatoms. The van der Waals surface area contributed by atoms with Crippen LogP contribution >= 0.6 is 0 Å². The number of ether oxygens (including phenoxy) is 1. The number of hydrogen-bond donors (Lipinski definition) is 2. The van der Waals surface area contributed by atoms with Crippen molar-refractivity contribution < 1.29 is 19.1 Å². The fourth-order valence-corrected chi connectivity index (χ4v) is 3.51. The van der Waals surface area contributed by atoms with Crippen molar-refractivity contribution in [1.82, 2.24) is 15.5 Å². The number of terminal acetylenes is 2. The largest absolute Gasteiger partial charge is 0.444 e. The SMILES string of the molecule is C#Cc1ccccc1C(C(=O)NCc1ccccc1)N(C#C)C(=O)C(NC(=O)OC(C)(C)C)C(C)C. The summed E-state index contributed by atoms with van der Waals surface area (Å²) in [6, 6.07) is 16.2. The lowest BCUT2D eigenvalue weighted by Gasteiger charge is -2.32. The van der Waals surface area contributed by atoms with Gasteiger partial charge in [-0.15, -0.1) is 6.42 Å². The molecule has 0 fully saturated rings. The fraction of sp³-hybridized carbons (Fsp3) is 0.345. The van der Waals surface area contributed by atoms with Crippen LogP contribution in [-0.2, 0) is 20.9 Å². The minimum Gasteiger partial charge on any atom is -0.444 e. The maximum atomic E-state index is 13.7. The summed E-state index contributed by atoms with van der Waals surface area (Å²) in [7, 11) is 0. The van der Waals surface area contributed by atoms with E-state index in [9.17, 15) is 14.4 Å². The van der Waals surface area contributed by atoms with Crippen molar-refractivity contribution in [3.05, 3.63) is 71.3 Å². The minimum absolute atomic E-state index is 0.227. The molecule has 2 rings (SSSR count). The van der Waals surface area contributed by atoms with Gasteiger partial charge in [0.05, 0.1) is 0 Å². The number of nitrogens with one attached hydrogen (secondary N) is 2. The van der Waals surface area contributed by atoms with Crippen LogP contribution in [0.3, 0.4) is 0 Å². The van der Waals surface area contributed by atoms with Gasteiger partial charge in [0.25, 0.3) is 5.91 Å². The van der Waals surface area contributed by atoms with Crippen LogP contribution in [-0.4, -0.2) is 34.5 Å². The second kappa shape index (κ2) is 12.5. The molecule has 0 spiro atoms. The Balaban J connectivity index is 2.44. The van der Waals surface area contributed by atoms with Gasteiger partial charge < -0.3 is 15.4 Å². The molecule has 2 N–H and O–H groups in total. The molecular formula is C29H33N3O4. The molecule has 0 aliphatic carbocycles. The van der Waals surface area contributed by atoms with Crippen LogP contribution in [0.25, 0.3) is 0 Å². The summed E-state index contributed by atoms with van der Waals surface area (Å²) >= 11 is 0. The lowest BCUT2D eigenvalue weighted by molar-refractivity contribution is -0.139. The van der Waals surface area contributed by atoms with Crippen molar-refractivity contribution in [3.8, 4) is 24.8 Å². The van der Waals surface area contributed by atoms with E-state index < -0.39 is 35.6 Å². The van der Waals surface area contributed by atoms with Crippen molar-refractivity contribution >= 4 is 17.9 Å². The van der Waals surface area contributed by atoms with Crippen molar-refractivity contribution in [2.24, 2.45) is 5.92 Å². The van der Waals surface area contributed by atoms with E-state index in [-0.39, 0.29) is 12.5 Å².